The Kier molecular flexibility index (Phi) is 5.44. The van der Waals surface area contributed by atoms with Gasteiger partial charge >= 0.3 is 0 Å². The van der Waals surface area contributed by atoms with E-state index in [4.69, 9.17) is 27.9 Å². The third kappa shape index (κ3) is 3.81. The smallest absolute Gasteiger partial charge is 0.286 e. The normalized spacial score (nSPS) is 11.2. The van der Waals surface area contributed by atoms with Gasteiger partial charge in [-0.3, -0.25) is 9.36 Å². The van der Waals surface area contributed by atoms with Crippen LogP contribution >= 0.6 is 35.0 Å². The molecule has 3 heterocycles. The summed E-state index contributed by atoms with van der Waals surface area (Å²) >= 11 is 13.3. The molecule has 0 saturated carbocycles. The van der Waals surface area contributed by atoms with Crippen LogP contribution in [-0.4, -0.2) is 31.5 Å². The second-order valence-electron chi connectivity index (χ2n) is 5.85. The second-order valence-corrected chi connectivity index (χ2v) is 7.64. The Morgan fingerprint density at radius 2 is 1.97 bits per heavy atom. The van der Waals surface area contributed by atoms with Crippen molar-refractivity contribution >= 4 is 40.5 Å². The molecule has 1 aromatic carbocycles. The Morgan fingerprint density at radius 3 is 2.66 bits per heavy atom. The maximum Gasteiger partial charge on any atom is 0.286 e. The quantitative estimate of drug-likeness (QED) is 0.426. The van der Waals surface area contributed by atoms with Crippen molar-refractivity contribution in [2.75, 3.05) is 7.11 Å². The zero-order chi connectivity index (χ0) is 20.5. The number of rotatable bonds is 5. The largest absolute Gasteiger partial charge is 0.479 e. The minimum atomic E-state index is -0.704. The number of halogens is 3. The van der Waals surface area contributed by atoms with E-state index in [0.29, 0.717) is 15.9 Å². The van der Waals surface area contributed by atoms with Gasteiger partial charge in [-0.1, -0.05) is 47.1 Å². The lowest BCUT2D eigenvalue weighted by Crippen LogP contribution is -2.25. The van der Waals surface area contributed by atoms with Gasteiger partial charge in [0.05, 0.1) is 30.2 Å². The van der Waals surface area contributed by atoms with Crippen LogP contribution in [0.1, 0.15) is 5.56 Å². The number of benzene rings is 1. The topological polar surface area (TPSA) is 74.3 Å². The molecule has 0 saturated heterocycles. The van der Waals surface area contributed by atoms with E-state index in [1.54, 1.807) is 12.1 Å². The molecule has 0 radical (unpaired) electrons. The summed E-state index contributed by atoms with van der Waals surface area (Å²) in [7, 11) is 1.31. The summed E-state index contributed by atoms with van der Waals surface area (Å²) in [6.07, 6.45) is 2.66. The molecule has 4 rings (SSSR count). The highest BCUT2D eigenvalue weighted by molar-refractivity contribution is 7.98. The lowest BCUT2D eigenvalue weighted by molar-refractivity contribution is 0.368. The van der Waals surface area contributed by atoms with E-state index in [1.165, 1.54) is 40.5 Å². The zero-order valence-electron chi connectivity index (χ0n) is 14.8. The SMILES string of the molecule is COc1ncc(-n2c(SCc3ccc(Cl)cc3)nn3ncc(Cl)c3c2=O)cc1F. The van der Waals surface area contributed by atoms with E-state index in [2.05, 4.69) is 15.2 Å². The third-order valence-corrected chi connectivity index (χ3v) is 5.54. The number of aromatic nitrogens is 5. The van der Waals surface area contributed by atoms with Crippen LogP contribution in [0.2, 0.25) is 10.0 Å². The van der Waals surface area contributed by atoms with Gasteiger partial charge in [0.1, 0.15) is 0 Å². The molecule has 0 aliphatic heterocycles. The Bertz CT molecular complexity index is 1260. The molecule has 0 bridgehead atoms. The molecule has 0 fully saturated rings. The Labute approximate surface area is 178 Å². The highest BCUT2D eigenvalue weighted by Gasteiger charge is 2.19. The fraction of sp³-hybridized carbons (Fsp3) is 0.111. The fourth-order valence-electron chi connectivity index (χ4n) is 2.64. The van der Waals surface area contributed by atoms with Gasteiger partial charge in [-0.2, -0.15) is 5.10 Å². The summed E-state index contributed by atoms with van der Waals surface area (Å²) in [6.45, 7) is 0. The van der Waals surface area contributed by atoms with Crippen molar-refractivity contribution in [3.8, 4) is 11.6 Å². The van der Waals surface area contributed by atoms with Gasteiger partial charge in [0.15, 0.2) is 16.5 Å². The molecule has 0 spiro atoms. The first-order valence-electron chi connectivity index (χ1n) is 8.21. The van der Waals surface area contributed by atoms with Crippen LogP contribution in [0.4, 0.5) is 4.39 Å². The van der Waals surface area contributed by atoms with Crippen LogP contribution in [0.5, 0.6) is 5.88 Å². The number of thioether (sulfide) groups is 1. The maximum atomic E-state index is 14.2. The van der Waals surface area contributed by atoms with Gasteiger partial charge in [0.2, 0.25) is 5.88 Å². The maximum absolute atomic E-state index is 14.2. The van der Waals surface area contributed by atoms with Gasteiger partial charge in [0.25, 0.3) is 5.56 Å². The molecule has 0 N–H and O–H groups in total. The van der Waals surface area contributed by atoms with Crippen molar-refractivity contribution in [3.63, 3.8) is 0 Å². The van der Waals surface area contributed by atoms with Crippen LogP contribution < -0.4 is 10.3 Å². The molecule has 0 amide bonds. The summed E-state index contributed by atoms with van der Waals surface area (Å²) in [6, 6.07) is 8.45. The van der Waals surface area contributed by atoms with Crippen molar-refractivity contribution in [2.45, 2.75) is 10.9 Å². The monoisotopic (exact) mass is 451 g/mol. The van der Waals surface area contributed by atoms with Crippen LogP contribution in [0.25, 0.3) is 11.2 Å². The van der Waals surface area contributed by atoms with Gasteiger partial charge in [0, 0.05) is 16.8 Å². The fourth-order valence-corrected chi connectivity index (χ4v) is 3.91. The van der Waals surface area contributed by atoms with Gasteiger partial charge in [-0.05, 0) is 17.7 Å². The molecule has 29 heavy (non-hydrogen) atoms. The molecule has 3 aromatic heterocycles. The Hall–Kier alpha value is -2.62. The van der Waals surface area contributed by atoms with E-state index in [0.717, 1.165) is 11.6 Å². The standard InChI is InChI=1S/C18H12Cl2FN5O2S/c1-28-16-14(21)6-12(7-22-16)25-17(27)15-13(20)8-23-26(15)24-18(25)29-9-10-2-4-11(19)5-3-10/h2-8H,9H2,1H3. The zero-order valence-corrected chi connectivity index (χ0v) is 17.2. The number of pyridine rings is 1. The molecule has 0 aliphatic carbocycles. The predicted octanol–water partition coefficient (Wildman–Crippen LogP) is 4.02. The van der Waals surface area contributed by atoms with E-state index in [-0.39, 0.29) is 22.1 Å². The number of nitrogens with zero attached hydrogens (tertiary/aromatic N) is 5. The number of ether oxygens (including phenoxy) is 1. The summed E-state index contributed by atoms with van der Waals surface area (Å²) in [5.74, 6) is -0.380. The number of hydrogen-bond donors (Lipinski definition) is 0. The van der Waals surface area contributed by atoms with Crippen molar-refractivity contribution in [2.24, 2.45) is 0 Å². The minimum absolute atomic E-state index is 0.0822. The van der Waals surface area contributed by atoms with Crippen LogP contribution in [0.3, 0.4) is 0 Å². The molecule has 148 valence electrons. The van der Waals surface area contributed by atoms with E-state index in [9.17, 15) is 9.18 Å². The van der Waals surface area contributed by atoms with E-state index >= 15 is 0 Å². The van der Waals surface area contributed by atoms with E-state index in [1.807, 2.05) is 12.1 Å². The van der Waals surface area contributed by atoms with Crippen LogP contribution in [0, 0.1) is 5.82 Å². The first-order chi connectivity index (χ1) is 14.0. The third-order valence-electron chi connectivity index (χ3n) is 4.01. The van der Waals surface area contributed by atoms with Gasteiger partial charge < -0.3 is 4.74 Å². The molecule has 4 aromatic rings. The summed E-state index contributed by atoms with van der Waals surface area (Å²) in [4.78, 5) is 17.0. The molecular weight excluding hydrogens is 440 g/mol. The lowest BCUT2D eigenvalue weighted by atomic mass is 10.2. The number of hydrogen-bond acceptors (Lipinski definition) is 6. The first kappa shape index (κ1) is 19.7. The van der Waals surface area contributed by atoms with Gasteiger partial charge in [-0.15, -0.1) is 9.73 Å². The molecular formula is C18H12Cl2FN5O2S. The number of fused-ring (bicyclic) bond motifs is 1. The molecule has 0 aliphatic rings. The molecule has 11 heteroatoms. The van der Waals surface area contributed by atoms with E-state index < -0.39 is 11.4 Å². The predicted molar refractivity (Wildman–Crippen MR) is 109 cm³/mol. The second kappa shape index (κ2) is 8.02. The average Bonchev–Trinajstić information content (AvgIpc) is 3.08. The van der Waals surface area contributed by atoms with Crippen molar-refractivity contribution in [3.05, 3.63) is 74.5 Å². The van der Waals surface area contributed by atoms with Crippen molar-refractivity contribution in [1.82, 2.24) is 24.4 Å². The van der Waals surface area contributed by atoms with Crippen molar-refractivity contribution < 1.29 is 9.13 Å². The average molecular weight is 452 g/mol. The first-order valence-corrected chi connectivity index (χ1v) is 9.96. The molecule has 0 atom stereocenters. The highest BCUT2D eigenvalue weighted by atomic mass is 35.5. The highest BCUT2D eigenvalue weighted by Crippen LogP contribution is 2.25. The summed E-state index contributed by atoms with van der Waals surface area (Å²) in [5, 5.41) is 9.45. The Balaban J connectivity index is 1.84. The Morgan fingerprint density at radius 1 is 1.21 bits per heavy atom. The molecule has 0 unspecified atom stereocenters. The molecule has 7 nitrogen and oxygen atoms in total. The summed E-state index contributed by atoms with van der Waals surface area (Å²) in [5.41, 5.74) is 0.753. The van der Waals surface area contributed by atoms with Crippen LogP contribution in [-0.2, 0) is 5.75 Å². The van der Waals surface area contributed by atoms with Gasteiger partial charge in [-0.25, -0.2) is 9.37 Å². The lowest BCUT2D eigenvalue weighted by Gasteiger charge is -2.12. The van der Waals surface area contributed by atoms with Crippen molar-refractivity contribution in [1.29, 1.82) is 0 Å². The minimum Gasteiger partial charge on any atom is -0.479 e. The summed E-state index contributed by atoms with van der Waals surface area (Å²) < 4.78 is 21.5. The van der Waals surface area contributed by atoms with Crippen LogP contribution in [0.15, 0.2) is 52.7 Å². The number of methoxy groups -OCH3 is 1.